The van der Waals surface area contributed by atoms with Crippen LogP contribution in [0.15, 0.2) is 0 Å². The minimum atomic E-state index is -0.462. The Morgan fingerprint density at radius 2 is 2.21 bits per heavy atom. The van der Waals surface area contributed by atoms with Crippen LogP contribution in [0.5, 0.6) is 0 Å². The summed E-state index contributed by atoms with van der Waals surface area (Å²) in [4.78, 5) is 23.8. The fraction of sp³-hybridized carbons (Fsp3) is 0.800. The minimum absolute atomic E-state index is 0.409. The summed E-state index contributed by atoms with van der Waals surface area (Å²) < 4.78 is 0. The minimum Gasteiger partial charge on any atom is -0.350 e. The average molecular weight is 198 g/mol. The number of carbonyl (C=O) groups is 2. The maximum Gasteiger partial charge on any atom is 0.287 e. The maximum absolute atomic E-state index is 10.9. The lowest BCUT2D eigenvalue weighted by atomic mass is 10.1. The van der Waals surface area contributed by atoms with Crippen molar-refractivity contribution in [2.45, 2.75) is 19.8 Å². The fourth-order valence-electron chi connectivity index (χ4n) is 1.78. The van der Waals surface area contributed by atoms with Crippen LogP contribution in [-0.2, 0) is 9.59 Å². The zero-order chi connectivity index (χ0) is 10.6. The molecule has 1 saturated heterocycles. The summed E-state index contributed by atoms with van der Waals surface area (Å²) in [5, 5.41) is 2.62. The van der Waals surface area contributed by atoms with E-state index in [0.29, 0.717) is 12.5 Å². The second-order valence-corrected chi connectivity index (χ2v) is 4.02. The van der Waals surface area contributed by atoms with Gasteiger partial charge in [-0.1, -0.05) is 0 Å². The molecule has 1 aliphatic heterocycles. The lowest BCUT2D eigenvalue weighted by molar-refractivity contribution is -0.136. The Morgan fingerprint density at radius 1 is 1.50 bits per heavy atom. The summed E-state index contributed by atoms with van der Waals surface area (Å²) in [7, 11) is 2.11. The summed E-state index contributed by atoms with van der Waals surface area (Å²) in [5.41, 5.74) is 0. The first-order chi connectivity index (χ1) is 6.59. The van der Waals surface area contributed by atoms with Gasteiger partial charge in [-0.25, -0.2) is 0 Å². The van der Waals surface area contributed by atoms with Gasteiger partial charge in [0.05, 0.1) is 0 Å². The molecule has 4 nitrogen and oxygen atoms in total. The largest absolute Gasteiger partial charge is 0.350 e. The lowest BCUT2D eigenvalue weighted by Gasteiger charge is -2.10. The molecule has 1 fully saturated rings. The van der Waals surface area contributed by atoms with Crippen LogP contribution in [0, 0.1) is 5.92 Å². The van der Waals surface area contributed by atoms with Crippen molar-refractivity contribution in [1.29, 1.82) is 0 Å². The van der Waals surface area contributed by atoms with E-state index in [1.54, 1.807) is 0 Å². The first-order valence-electron chi connectivity index (χ1n) is 5.07. The average Bonchev–Trinajstić information content (AvgIpc) is 2.51. The van der Waals surface area contributed by atoms with Crippen LogP contribution in [0.3, 0.4) is 0 Å². The number of Topliss-reactive ketones (excluding diaryl/α,β-unsaturated/α-hetero) is 1. The van der Waals surface area contributed by atoms with E-state index in [1.165, 1.54) is 13.3 Å². The van der Waals surface area contributed by atoms with Crippen molar-refractivity contribution in [2.24, 2.45) is 5.92 Å². The molecule has 0 aromatic carbocycles. The predicted octanol–water partition coefficient (Wildman–Crippen LogP) is 0.0334. The van der Waals surface area contributed by atoms with Crippen molar-refractivity contribution in [3.05, 3.63) is 0 Å². The number of likely N-dealkylation sites (tertiary alicyclic amines) is 1. The third-order valence-electron chi connectivity index (χ3n) is 2.65. The molecule has 0 aromatic heterocycles. The molecule has 4 heteroatoms. The number of amides is 1. The highest BCUT2D eigenvalue weighted by Crippen LogP contribution is 2.16. The molecule has 1 rings (SSSR count). The van der Waals surface area contributed by atoms with Crippen LogP contribution in [0.2, 0.25) is 0 Å². The summed E-state index contributed by atoms with van der Waals surface area (Å²) in [6.07, 6.45) is 2.18. The van der Waals surface area contributed by atoms with Crippen molar-refractivity contribution < 1.29 is 9.59 Å². The van der Waals surface area contributed by atoms with Gasteiger partial charge < -0.3 is 10.2 Å². The molecule has 0 bridgehead atoms. The Balaban J connectivity index is 2.10. The zero-order valence-electron chi connectivity index (χ0n) is 8.88. The number of hydrogen-bond acceptors (Lipinski definition) is 3. The molecule has 1 heterocycles. The highest BCUT2D eigenvalue weighted by molar-refractivity contribution is 6.35. The van der Waals surface area contributed by atoms with Gasteiger partial charge in [-0.15, -0.1) is 0 Å². The van der Waals surface area contributed by atoms with Crippen LogP contribution >= 0.6 is 0 Å². The van der Waals surface area contributed by atoms with E-state index >= 15 is 0 Å². The van der Waals surface area contributed by atoms with Gasteiger partial charge in [0.1, 0.15) is 0 Å². The molecular formula is C10H18N2O2. The van der Waals surface area contributed by atoms with Gasteiger partial charge >= 0.3 is 0 Å². The van der Waals surface area contributed by atoms with Gasteiger partial charge in [-0.05, 0) is 32.4 Å². The Kier molecular flexibility index (Phi) is 4.07. The van der Waals surface area contributed by atoms with Crippen molar-refractivity contribution in [3.8, 4) is 0 Å². The molecular weight excluding hydrogens is 180 g/mol. The van der Waals surface area contributed by atoms with E-state index in [-0.39, 0.29) is 0 Å². The van der Waals surface area contributed by atoms with Gasteiger partial charge in [-0.3, -0.25) is 9.59 Å². The number of hydrogen-bond donors (Lipinski definition) is 1. The van der Waals surface area contributed by atoms with Crippen molar-refractivity contribution in [3.63, 3.8) is 0 Å². The van der Waals surface area contributed by atoms with Gasteiger partial charge in [0.2, 0.25) is 5.78 Å². The molecule has 80 valence electrons. The van der Waals surface area contributed by atoms with Crippen LogP contribution in [0.25, 0.3) is 0 Å². The summed E-state index contributed by atoms with van der Waals surface area (Å²) in [5.74, 6) is -0.197. The van der Waals surface area contributed by atoms with E-state index in [1.807, 2.05) is 0 Å². The quantitative estimate of drug-likeness (QED) is 0.649. The fourth-order valence-corrected chi connectivity index (χ4v) is 1.78. The molecule has 1 atom stereocenters. The summed E-state index contributed by atoms with van der Waals surface area (Å²) in [6, 6.07) is 0. The van der Waals surface area contributed by atoms with Crippen LogP contribution < -0.4 is 5.32 Å². The molecule has 0 radical (unpaired) electrons. The van der Waals surface area contributed by atoms with E-state index in [0.717, 1.165) is 19.5 Å². The predicted molar refractivity (Wildman–Crippen MR) is 53.9 cm³/mol. The zero-order valence-corrected chi connectivity index (χ0v) is 8.88. The second-order valence-electron chi connectivity index (χ2n) is 4.02. The second kappa shape index (κ2) is 5.10. The van der Waals surface area contributed by atoms with E-state index in [4.69, 9.17) is 0 Å². The summed E-state index contributed by atoms with van der Waals surface area (Å²) in [6.45, 7) is 4.16. The van der Waals surface area contributed by atoms with Crippen LogP contribution in [0.4, 0.5) is 0 Å². The topological polar surface area (TPSA) is 49.4 Å². The third kappa shape index (κ3) is 3.46. The number of nitrogens with zero attached hydrogens (tertiary/aromatic N) is 1. The molecule has 14 heavy (non-hydrogen) atoms. The number of rotatable bonds is 4. The van der Waals surface area contributed by atoms with Gasteiger partial charge in [-0.2, -0.15) is 0 Å². The monoisotopic (exact) mass is 198 g/mol. The Hall–Kier alpha value is -0.900. The number of ketones is 1. The molecule has 0 spiro atoms. The Bertz CT molecular complexity index is 228. The molecule has 1 unspecified atom stereocenters. The van der Waals surface area contributed by atoms with E-state index in [9.17, 15) is 9.59 Å². The van der Waals surface area contributed by atoms with Crippen molar-refractivity contribution >= 4 is 11.7 Å². The van der Waals surface area contributed by atoms with Crippen LogP contribution in [0.1, 0.15) is 19.8 Å². The van der Waals surface area contributed by atoms with E-state index < -0.39 is 11.7 Å². The number of nitrogens with one attached hydrogen (secondary N) is 1. The highest BCUT2D eigenvalue weighted by Gasteiger charge is 2.19. The molecule has 0 aliphatic carbocycles. The van der Waals surface area contributed by atoms with Gasteiger partial charge in [0, 0.05) is 20.0 Å². The first-order valence-corrected chi connectivity index (χ1v) is 5.07. The highest BCUT2D eigenvalue weighted by atomic mass is 16.2. The first kappa shape index (κ1) is 11.2. The van der Waals surface area contributed by atoms with Gasteiger partial charge in [0.25, 0.3) is 5.91 Å². The normalized spacial score (nSPS) is 22.3. The SMILES string of the molecule is CC(=O)C(=O)NCCC1CCN(C)C1. The molecule has 1 amide bonds. The third-order valence-corrected chi connectivity index (χ3v) is 2.65. The van der Waals surface area contributed by atoms with Crippen LogP contribution in [-0.4, -0.2) is 43.3 Å². The molecule has 1 N–H and O–H groups in total. The lowest BCUT2D eigenvalue weighted by Crippen LogP contribution is -2.31. The smallest absolute Gasteiger partial charge is 0.287 e. The standard InChI is InChI=1S/C10H18N2O2/c1-8(13)10(14)11-5-3-9-4-6-12(2)7-9/h9H,3-7H2,1-2H3,(H,11,14). The molecule has 0 saturated carbocycles. The number of carbonyl (C=O) groups excluding carboxylic acids is 2. The van der Waals surface area contributed by atoms with Crippen molar-refractivity contribution in [1.82, 2.24) is 10.2 Å². The van der Waals surface area contributed by atoms with E-state index in [2.05, 4.69) is 17.3 Å². The van der Waals surface area contributed by atoms with Gasteiger partial charge in [0.15, 0.2) is 0 Å². The Morgan fingerprint density at radius 3 is 2.71 bits per heavy atom. The molecule has 0 aromatic rings. The summed E-state index contributed by atoms with van der Waals surface area (Å²) >= 11 is 0. The Labute approximate surface area is 84.7 Å². The molecule has 1 aliphatic rings. The maximum atomic E-state index is 10.9. The van der Waals surface area contributed by atoms with Crippen molar-refractivity contribution in [2.75, 3.05) is 26.7 Å².